The van der Waals surface area contributed by atoms with Crippen LogP contribution in [0.2, 0.25) is 5.02 Å². The van der Waals surface area contributed by atoms with Gasteiger partial charge in [-0.05, 0) is 68.6 Å². The number of anilines is 1. The summed E-state index contributed by atoms with van der Waals surface area (Å²) in [6.45, 7) is 2.88. The van der Waals surface area contributed by atoms with E-state index >= 15 is 0 Å². The molecule has 158 valence electrons. The van der Waals surface area contributed by atoms with E-state index in [0.29, 0.717) is 18.0 Å². The molecule has 0 radical (unpaired) electrons. The fraction of sp³-hybridized carbons (Fsp3) is 0.391. The predicted molar refractivity (Wildman–Crippen MR) is 118 cm³/mol. The normalized spacial score (nSPS) is 15.6. The first-order valence-electron chi connectivity index (χ1n) is 10.4. The number of likely N-dealkylation sites (tertiary alicyclic amines) is 1. The first-order valence-corrected chi connectivity index (χ1v) is 10.7. The summed E-state index contributed by atoms with van der Waals surface area (Å²) in [6.07, 6.45) is 3.49. The molecule has 30 heavy (non-hydrogen) atoms. The molecule has 0 aliphatic carbocycles. The largest absolute Gasteiger partial charge is 0.330 e. The molecule has 2 aromatic carbocycles. The van der Waals surface area contributed by atoms with Gasteiger partial charge in [0.15, 0.2) is 0 Å². The maximum Gasteiger partial charge on any atom is 0.224 e. The van der Waals surface area contributed by atoms with Crippen LogP contribution in [0.15, 0.2) is 42.5 Å². The van der Waals surface area contributed by atoms with Crippen LogP contribution in [0.1, 0.15) is 31.5 Å². The predicted octanol–water partition coefficient (Wildman–Crippen LogP) is 5.00. The van der Waals surface area contributed by atoms with Gasteiger partial charge in [0.2, 0.25) is 5.91 Å². The van der Waals surface area contributed by atoms with Gasteiger partial charge in [0, 0.05) is 19.2 Å². The lowest BCUT2D eigenvalue weighted by atomic mass is 9.92. The third-order valence-electron chi connectivity index (χ3n) is 5.93. The molecule has 1 aliphatic heterocycles. The summed E-state index contributed by atoms with van der Waals surface area (Å²) in [4.78, 5) is 19.4. The molecule has 1 aromatic heterocycles. The summed E-state index contributed by atoms with van der Waals surface area (Å²) in [7, 11) is 2.07. The number of carbonyl (C=O) groups excluding carboxylic acids is 1. The van der Waals surface area contributed by atoms with Crippen molar-refractivity contribution in [2.45, 2.75) is 32.2 Å². The molecule has 1 fully saturated rings. The number of rotatable bonds is 6. The molecule has 2 heterocycles. The van der Waals surface area contributed by atoms with Gasteiger partial charge in [0.25, 0.3) is 0 Å². The van der Waals surface area contributed by atoms with Crippen molar-refractivity contribution in [3.63, 3.8) is 0 Å². The third kappa shape index (κ3) is 4.82. The van der Waals surface area contributed by atoms with Crippen molar-refractivity contribution in [2.75, 3.05) is 18.4 Å². The number of amides is 1. The monoisotopic (exact) mass is 428 g/mol. The van der Waals surface area contributed by atoms with Gasteiger partial charge in [0.1, 0.15) is 11.6 Å². The molecule has 0 bridgehead atoms. The molecule has 0 spiro atoms. The van der Waals surface area contributed by atoms with Crippen molar-refractivity contribution < 1.29 is 9.18 Å². The van der Waals surface area contributed by atoms with Crippen LogP contribution in [-0.2, 0) is 18.4 Å². The van der Waals surface area contributed by atoms with Crippen molar-refractivity contribution in [2.24, 2.45) is 13.0 Å². The van der Waals surface area contributed by atoms with Gasteiger partial charge in [-0.2, -0.15) is 0 Å². The van der Waals surface area contributed by atoms with Crippen molar-refractivity contribution in [3.05, 3.63) is 59.1 Å². The number of carbonyl (C=O) groups is 1. The van der Waals surface area contributed by atoms with Crippen LogP contribution in [0.25, 0.3) is 11.0 Å². The second-order valence-electron chi connectivity index (χ2n) is 8.01. The van der Waals surface area contributed by atoms with E-state index in [1.807, 2.05) is 12.1 Å². The molecule has 4 rings (SSSR count). The number of nitrogens with one attached hydrogen (secondary N) is 1. The summed E-state index contributed by atoms with van der Waals surface area (Å²) in [6, 6.07) is 12.4. The SMILES string of the molecule is Cn1c(CN2CCC(CCC(=O)Nc3ccc(F)c(Cl)c3)CC2)nc2ccccc21. The number of piperidine rings is 1. The van der Waals surface area contributed by atoms with Gasteiger partial charge < -0.3 is 9.88 Å². The first kappa shape index (κ1) is 20.8. The molecule has 7 heteroatoms. The minimum Gasteiger partial charge on any atom is -0.330 e. The smallest absolute Gasteiger partial charge is 0.224 e. The van der Waals surface area contributed by atoms with E-state index < -0.39 is 5.82 Å². The second kappa shape index (κ2) is 9.14. The Morgan fingerprint density at radius 2 is 2.00 bits per heavy atom. The minimum atomic E-state index is -0.486. The van der Waals surface area contributed by atoms with Crippen LogP contribution in [-0.4, -0.2) is 33.4 Å². The molecular weight excluding hydrogens is 403 g/mol. The zero-order chi connectivity index (χ0) is 21.1. The number of nitrogens with zero attached hydrogens (tertiary/aromatic N) is 3. The Balaban J connectivity index is 1.23. The molecule has 1 amide bonds. The van der Waals surface area contributed by atoms with Gasteiger partial charge in [-0.3, -0.25) is 9.69 Å². The topological polar surface area (TPSA) is 50.2 Å². The molecule has 1 saturated heterocycles. The molecule has 0 atom stereocenters. The number of imidazole rings is 1. The number of aromatic nitrogens is 2. The van der Waals surface area contributed by atoms with E-state index in [4.69, 9.17) is 16.6 Å². The lowest BCUT2D eigenvalue weighted by Gasteiger charge is -2.31. The van der Waals surface area contributed by atoms with E-state index in [9.17, 15) is 9.18 Å². The maximum atomic E-state index is 13.2. The average Bonchev–Trinajstić information content (AvgIpc) is 3.06. The van der Waals surface area contributed by atoms with E-state index in [0.717, 1.165) is 55.8 Å². The standard InChI is InChI=1S/C23H26ClFN4O/c1-28-21-5-3-2-4-20(21)27-22(28)15-29-12-10-16(11-13-29)6-9-23(30)26-17-7-8-19(25)18(24)14-17/h2-5,7-8,14,16H,6,9-13,15H2,1H3,(H,26,30). The zero-order valence-corrected chi connectivity index (χ0v) is 17.8. The molecule has 3 aromatic rings. The van der Waals surface area contributed by atoms with Gasteiger partial charge in [-0.15, -0.1) is 0 Å². The Bertz CT molecular complexity index is 1040. The van der Waals surface area contributed by atoms with Crippen LogP contribution in [0.4, 0.5) is 10.1 Å². The average molecular weight is 429 g/mol. The number of aryl methyl sites for hydroxylation is 1. The lowest BCUT2D eigenvalue weighted by Crippen LogP contribution is -2.34. The van der Waals surface area contributed by atoms with Crippen molar-refractivity contribution in [1.82, 2.24) is 14.5 Å². The summed E-state index contributed by atoms with van der Waals surface area (Å²) in [5.74, 6) is 1.09. The minimum absolute atomic E-state index is 0.0146. The number of halogens is 2. The Labute approximate surface area is 180 Å². The van der Waals surface area contributed by atoms with Gasteiger partial charge in [0.05, 0.1) is 22.6 Å². The zero-order valence-electron chi connectivity index (χ0n) is 17.1. The van der Waals surface area contributed by atoms with Crippen LogP contribution in [0, 0.1) is 11.7 Å². The summed E-state index contributed by atoms with van der Waals surface area (Å²) >= 11 is 5.76. The maximum absolute atomic E-state index is 13.2. The van der Waals surface area contributed by atoms with Gasteiger partial charge in [-0.1, -0.05) is 23.7 Å². The molecule has 5 nitrogen and oxygen atoms in total. The summed E-state index contributed by atoms with van der Waals surface area (Å²) in [5.41, 5.74) is 2.73. The number of hydrogen-bond acceptors (Lipinski definition) is 3. The summed E-state index contributed by atoms with van der Waals surface area (Å²) < 4.78 is 15.4. The molecule has 1 N–H and O–H groups in total. The first-order chi connectivity index (χ1) is 14.5. The Morgan fingerprint density at radius 3 is 2.73 bits per heavy atom. The van der Waals surface area contributed by atoms with Crippen LogP contribution in [0.3, 0.4) is 0 Å². The highest BCUT2D eigenvalue weighted by atomic mass is 35.5. The van der Waals surface area contributed by atoms with E-state index in [1.54, 1.807) is 0 Å². The van der Waals surface area contributed by atoms with E-state index in [1.165, 1.54) is 18.2 Å². The Hall–Kier alpha value is -2.44. The van der Waals surface area contributed by atoms with Crippen molar-refractivity contribution >= 4 is 34.2 Å². The number of fused-ring (bicyclic) bond motifs is 1. The fourth-order valence-electron chi connectivity index (χ4n) is 4.10. The Kier molecular flexibility index (Phi) is 6.35. The van der Waals surface area contributed by atoms with Gasteiger partial charge >= 0.3 is 0 Å². The third-order valence-corrected chi connectivity index (χ3v) is 6.22. The van der Waals surface area contributed by atoms with E-state index in [-0.39, 0.29) is 10.9 Å². The highest BCUT2D eigenvalue weighted by Crippen LogP contribution is 2.25. The van der Waals surface area contributed by atoms with Crippen LogP contribution >= 0.6 is 11.6 Å². The van der Waals surface area contributed by atoms with Crippen molar-refractivity contribution in [3.8, 4) is 0 Å². The molecular formula is C23H26ClFN4O. The summed E-state index contributed by atoms with van der Waals surface area (Å²) in [5, 5.41) is 2.81. The highest BCUT2D eigenvalue weighted by molar-refractivity contribution is 6.31. The quantitative estimate of drug-likeness (QED) is 0.601. The Morgan fingerprint density at radius 1 is 1.23 bits per heavy atom. The number of hydrogen-bond donors (Lipinski definition) is 1. The molecule has 0 unspecified atom stereocenters. The number of para-hydroxylation sites is 2. The van der Waals surface area contributed by atoms with Crippen LogP contribution in [0.5, 0.6) is 0 Å². The second-order valence-corrected chi connectivity index (χ2v) is 8.42. The molecule has 0 saturated carbocycles. The van der Waals surface area contributed by atoms with Crippen molar-refractivity contribution in [1.29, 1.82) is 0 Å². The van der Waals surface area contributed by atoms with E-state index in [2.05, 4.69) is 34.0 Å². The van der Waals surface area contributed by atoms with Gasteiger partial charge in [-0.25, -0.2) is 9.37 Å². The fourth-order valence-corrected chi connectivity index (χ4v) is 4.28. The van der Waals surface area contributed by atoms with Crippen LogP contribution < -0.4 is 5.32 Å². The number of benzene rings is 2. The highest BCUT2D eigenvalue weighted by Gasteiger charge is 2.21. The lowest BCUT2D eigenvalue weighted by molar-refractivity contribution is -0.116. The molecule has 1 aliphatic rings.